The number of hydrogen-bond donors (Lipinski definition) is 1. The van der Waals surface area contributed by atoms with Gasteiger partial charge in [0.1, 0.15) is 5.75 Å². The van der Waals surface area contributed by atoms with Crippen LogP contribution in [0.3, 0.4) is 0 Å². The second-order valence-electron chi connectivity index (χ2n) is 7.50. The van der Waals surface area contributed by atoms with Gasteiger partial charge in [-0.05, 0) is 48.9 Å². The molecule has 0 aliphatic rings. The van der Waals surface area contributed by atoms with E-state index in [2.05, 4.69) is 15.3 Å². The van der Waals surface area contributed by atoms with Crippen LogP contribution in [-0.4, -0.2) is 20.9 Å². The Kier molecular flexibility index (Phi) is 5.47. The molecule has 0 aliphatic heterocycles. The summed E-state index contributed by atoms with van der Waals surface area (Å²) in [5.74, 6) is 0.395. The first-order valence-electron chi connectivity index (χ1n) is 10.5. The maximum Gasteiger partial charge on any atom is 0.321 e. The number of amides is 1. The van der Waals surface area contributed by atoms with Crippen LogP contribution in [0.25, 0.3) is 22.2 Å². The van der Waals surface area contributed by atoms with E-state index in [1.807, 2.05) is 79.7 Å². The van der Waals surface area contributed by atoms with Crippen LogP contribution >= 0.6 is 0 Å². The van der Waals surface area contributed by atoms with Crippen LogP contribution in [0.5, 0.6) is 11.8 Å². The van der Waals surface area contributed by atoms with Gasteiger partial charge in [-0.15, -0.1) is 0 Å². The van der Waals surface area contributed by atoms with Crippen molar-refractivity contribution in [3.8, 4) is 23.0 Å². The van der Waals surface area contributed by atoms with Crippen molar-refractivity contribution in [2.75, 3.05) is 5.32 Å². The number of aromatic nitrogens is 3. The number of nitrogens with zero attached hydrogens (tertiary/aromatic N) is 3. The van der Waals surface area contributed by atoms with Crippen LogP contribution in [0, 0.1) is 6.92 Å². The fraction of sp³-hybridized carbons (Fsp3) is 0.0370. The van der Waals surface area contributed by atoms with Crippen LogP contribution in [0.4, 0.5) is 5.69 Å². The molecule has 2 heterocycles. The molecule has 0 saturated carbocycles. The van der Waals surface area contributed by atoms with E-state index in [0.29, 0.717) is 17.0 Å². The third kappa shape index (κ3) is 4.41. The number of fused-ring (bicyclic) bond motifs is 1. The van der Waals surface area contributed by atoms with Crippen molar-refractivity contribution < 1.29 is 9.53 Å². The number of aryl methyl sites for hydroxylation is 1. The molecule has 0 aliphatic carbocycles. The first kappa shape index (κ1) is 20.3. The van der Waals surface area contributed by atoms with Crippen LogP contribution < -0.4 is 10.1 Å². The Morgan fingerprint density at radius 1 is 0.848 bits per heavy atom. The van der Waals surface area contributed by atoms with Crippen molar-refractivity contribution in [1.82, 2.24) is 15.0 Å². The summed E-state index contributed by atoms with van der Waals surface area (Å²) in [6, 6.07) is 26.8. The molecule has 0 atom stereocenters. The third-order valence-electron chi connectivity index (χ3n) is 5.23. The summed E-state index contributed by atoms with van der Waals surface area (Å²) in [5.41, 5.74) is 4.60. The van der Waals surface area contributed by atoms with Crippen LogP contribution in [-0.2, 0) is 0 Å². The average Bonchev–Trinajstić information content (AvgIpc) is 2.86. The lowest BCUT2D eigenvalue weighted by Gasteiger charge is -2.13. The number of rotatable bonds is 5. The second-order valence-corrected chi connectivity index (χ2v) is 7.50. The van der Waals surface area contributed by atoms with Crippen molar-refractivity contribution in [2.45, 2.75) is 6.92 Å². The summed E-state index contributed by atoms with van der Waals surface area (Å²) in [5, 5.41) is 3.83. The molecule has 2 aromatic heterocycles. The summed E-state index contributed by atoms with van der Waals surface area (Å²) in [6.45, 7) is 1.91. The number of carbonyl (C=O) groups is 1. The van der Waals surface area contributed by atoms with E-state index in [4.69, 9.17) is 9.72 Å². The fourth-order valence-electron chi connectivity index (χ4n) is 3.59. The van der Waals surface area contributed by atoms with Gasteiger partial charge in [0.2, 0.25) is 0 Å². The molecule has 1 amide bonds. The van der Waals surface area contributed by atoms with Gasteiger partial charge in [-0.1, -0.05) is 48.5 Å². The minimum Gasteiger partial charge on any atom is -0.424 e. The maximum absolute atomic E-state index is 13.3. The minimum atomic E-state index is -0.200. The van der Waals surface area contributed by atoms with E-state index >= 15 is 0 Å². The van der Waals surface area contributed by atoms with Gasteiger partial charge in [0, 0.05) is 29.0 Å². The van der Waals surface area contributed by atoms with Gasteiger partial charge >= 0.3 is 6.01 Å². The monoisotopic (exact) mass is 432 g/mol. The summed E-state index contributed by atoms with van der Waals surface area (Å²) < 4.78 is 5.68. The largest absolute Gasteiger partial charge is 0.424 e. The topological polar surface area (TPSA) is 77.0 Å². The molecule has 5 rings (SSSR count). The molecule has 1 N–H and O–H groups in total. The molecule has 6 nitrogen and oxygen atoms in total. The SMILES string of the molecule is Cc1cc(Oc2ncccn2)ccc1NC(=O)c1cc(-c2ccccc2)nc2ccccc12. The highest BCUT2D eigenvalue weighted by Gasteiger charge is 2.15. The lowest BCUT2D eigenvalue weighted by Crippen LogP contribution is -2.14. The van der Waals surface area contributed by atoms with Crippen LogP contribution in [0.2, 0.25) is 0 Å². The summed E-state index contributed by atoms with van der Waals surface area (Å²) >= 11 is 0. The highest BCUT2D eigenvalue weighted by atomic mass is 16.5. The van der Waals surface area contributed by atoms with E-state index in [1.54, 1.807) is 24.5 Å². The number of benzene rings is 3. The standard InChI is InChI=1S/C27H20N4O2/c1-18-16-20(33-27-28-14-7-15-29-27)12-13-23(18)31-26(32)22-17-25(19-8-3-2-4-9-19)30-24-11-6-5-10-21(22)24/h2-17H,1H3,(H,31,32). The quantitative estimate of drug-likeness (QED) is 0.366. The number of para-hydroxylation sites is 1. The number of pyridine rings is 1. The zero-order valence-corrected chi connectivity index (χ0v) is 17.9. The summed E-state index contributed by atoms with van der Waals surface area (Å²) in [7, 11) is 0. The molecule has 6 heteroatoms. The van der Waals surface area contributed by atoms with Crippen LogP contribution in [0.15, 0.2) is 97.3 Å². The number of hydrogen-bond acceptors (Lipinski definition) is 5. The minimum absolute atomic E-state index is 0.200. The van der Waals surface area contributed by atoms with Gasteiger partial charge in [0.05, 0.1) is 16.8 Å². The summed E-state index contributed by atoms with van der Waals surface area (Å²) in [4.78, 5) is 26.2. The van der Waals surface area contributed by atoms with E-state index in [1.165, 1.54) is 0 Å². The van der Waals surface area contributed by atoms with Gasteiger partial charge in [0.15, 0.2) is 0 Å². The number of ether oxygens (including phenoxy) is 1. The van der Waals surface area contributed by atoms with Crippen LogP contribution in [0.1, 0.15) is 15.9 Å². The van der Waals surface area contributed by atoms with E-state index in [0.717, 1.165) is 27.7 Å². The first-order valence-corrected chi connectivity index (χ1v) is 10.5. The van der Waals surface area contributed by atoms with Gasteiger partial charge in [-0.2, -0.15) is 0 Å². The fourth-order valence-corrected chi connectivity index (χ4v) is 3.59. The Morgan fingerprint density at radius 2 is 1.61 bits per heavy atom. The molecule has 33 heavy (non-hydrogen) atoms. The lowest BCUT2D eigenvalue weighted by atomic mass is 10.0. The highest BCUT2D eigenvalue weighted by Crippen LogP contribution is 2.28. The van der Waals surface area contributed by atoms with E-state index in [-0.39, 0.29) is 11.9 Å². The number of nitrogens with one attached hydrogen (secondary N) is 1. The Bertz CT molecular complexity index is 1440. The molecule has 0 bridgehead atoms. The van der Waals surface area contributed by atoms with Crippen molar-refractivity contribution in [2.24, 2.45) is 0 Å². The molecule has 160 valence electrons. The van der Waals surface area contributed by atoms with E-state index < -0.39 is 0 Å². The van der Waals surface area contributed by atoms with Crippen molar-refractivity contribution in [3.63, 3.8) is 0 Å². The highest BCUT2D eigenvalue weighted by molar-refractivity contribution is 6.13. The molecule has 5 aromatic rings. The molecular weight excluding hydrogens is 412 g/mol. The average molecular weight is 432 g/mol. The van der Waals surface area contributed by atoms with Gasteiger partial charge in [-0.25, -0.2) is 15.0 Å². The predicted molar refractivity (Wildman–Crippen MR) is 128 cm³/mol. The first-order chi connectivity index (χ1) is 16.2. The molecule has 0 fully saturated rings. The lowest BCUT2D eigenvalue weighted by molar-refractivity contribution is 0.102. The zero-order valence-electron chi connectivity index (χ0n) is 17.9. The zero-order chi connectivity index (χ0) is 22.6. The van der Waals surface area contributed by atoms with E-state index in [9.17, 15) is 4.79 Å². The number of carbonyl (C=O) groups excluding carboxylic acids is 1. The molecule has 0 spiro atoms. The Labute approximate surface area is 190 Å². The third-order valence-corrected chi connectivity index (χ3v) is 5.23. The van der Waals surface area contributed by atoms with Gasteiger partial charge in [-0.3, -0.25) is 4.79 Å². The van der Waals surface area contributed by atoms with Crippen molar-refractivity contribution >= 4 is 22.5 Å². The normalized spacial score (nSPS) is 10.7. The molecule has 3 aromatic carbocycles. The number of anilines is 1. The van der Waals surface area contributed by atoms with Crippen molar-refractivity contribution in [1.29, 1.82) is 0 Å². The molecule has 0 saturated heterocycles. The molecule has 0 radical (unpaired) electrons. The summed E-state index contributed by atoms with van der Waals surface area (Å²) in [6.07, 6.45) is 3.24. The van der Waals surface area contributed by atoms with Gasteiger partial charge < -0.3 is 10.1 Å². The Balaban J connectivity index is 1.45. The molecule has 0 unspecified atom stereocenters. The smallest absolute Gasteiger partial charge is 0.321 e. The predicted octanol–water partition coefficient (Wildman–Crippen LogP) is 6.04. The van der Waals surface area contributed by atoms with Crippen molar-refractivity contribution in [3.05, 3.63) is 108 Å². The second kappa shape index (κ2) is 8.88. The van der Waals surface area contributed by atoms with Gasteiger partial charge in [0.25, 0.3) is 5.91 Å². The Morgan fingerprint density at radius 3 is 2.39 bits per heavy atom. The molecular formula is C27H20N4O2. The maximum atomic E-state index is 13.3. The Hall–Kier alpha value is -4.58.